The Morgan fingerprint density at radius 2 is 1.88 bits per heavy atom. The fourth-order valence-electron chi connectivity index (χ4n) is 3.70. The molecule has 0 atom stereocenters. The van der Waals surface area contributed by atoms with Gasteiger partial charge in [0, 0.05) is 31.9 Å². The van der Waals surface area contributed by atoms with Crippen LogP contribution in [0.2, 0.25) is 0 Å². The predicted octanol–water partition coefficient (Wildman–Crippen LogP) is 3.67. The molecule has 1 saturated heterocycles. The lowest BCUT2D eigenvalue weighted by atomic mass is 9.79. The van der Waals surface area contributed by atoms with Crippen molar-refractivity contribution in [2.24, 2.45) is 11.3 Å². The molecule has 1 aromatic carbocycles. The zero-order valence-electron chi connectivity index (χ0n) is 16.3. The third-order valence-electron chi connectivity index (χ3n) is 5.32. The summed E-state index contributed by atoms with van der Waals surface area (Å²) in [7, 11) is 0. The van der Waals surface area contributed by atoms with E-state index in [9.17, 15) is 9.59 Å². The van der Waals surface area contributed by atoms with E-state index >= 15 is 0 Å². The third kappa shape index (κ3) is 3.76. The second-order valence-corrected chi connectivity index (χ2v) is 8.44. The standard InChI is InChI=1S/C21H28N2O3/c1-13-6-17-18(11-26-19(17)7-14(13)2)20(25)23-9-16(10-23)8-21(4,5)12-22-15(3)24/h6-7,11,16H,8-10,12H2,1-5H3,(H,22,24). The molecule has 1 N–H and O–H groups in total. The van der Waals surface area contributed by atoms with E-state index in [1.807, 2.05) is 30.9 Å². The maximum Gasteiger partial charge on any atom is 0.257 e. The molecule has 0 aliphatic carbocycles. The van der Waals surface area contributed by atoms with E-state index in [-0.39, 0.29) is 17.2 Å². The van der Waals surface area contributed by atoms with Crippen LogP contribution in [0.5, 0.6) is 0 Å². The fraction of sp³-hybridized carbons (Fsp3) is 0.524. The largest absolute Gasteiger partial charge is 0.463 e. The SMILES string of the molecule is CC(=O)NCC(C)(C)CC1CN(C(=O)c2coc3cc(C)c(C)cc23)C1. The maximum absolute atomic E-state index is 12.8. The minimum atomic E-state index is 0.000791. The Hall–Kier alpha value is -2.30. The molecule has 0 saturated carbocycles. The lowest BCUT2D eigenvalue weighted by Gasteiger charge is -2.42. The molecular formula is C21H28N2O3. The summed E-state index contributed by atoms with van der Waals surface area (Å²) in [5.74, 6) is 0.522. The molecule has 3 rings (SSSR count). The van der Waals surface area contributed by atoms with Crippen LogP contribution in [-0.2, 0) is 4.79 Å². The minimum Gasteiger partial charge on any atom is -0.463 e. The van der Waals surface area contributed by atoms with Gasteiger partial charge in [-0.25, -0.2) is 0 Å². The topological polar surface area (TPSA) is 62.6 Å². The number of hydrogen-bond donors (Lipinski definition) is 1. The molecule has 26 heavy (non-hydrogen) atoms. The van der Waals surface area contributed by atoms with Gasteiger partial charge < -0.3 is 14.6 Å². The van der Waals surface area contributed by atoms with Gasteiger partial charge in [-0.15, -0.1) is 0 Å². The van der Waals surface area contributed by atoms with Gasteiger partial charge in [0.1, 0.15) is 11.8 Å². The van der Waals surface area contributed by atoms with E-state index < -0.39 is 0 Å². The third-order valence-corrected chi connectivity index (χ3v) is 5.32. The van der Waals surface area contributed by atoms with Crippen LogP contribution < -0.4 is 5.32 Å². The van der Waals surface area contributed by atoms with Crippen LogP contribution in [-0.4, -0.2) is 36.3 Å². The summed E-state index contributed by atoms with van der Waals surface area (Å²) in [6, 6.07) is 4.03. The summed E-state index contributed by atoms with van der Waals surface area (Å²) in [6.07, 6.45) is 2.57. The molecule has 0 spiro atoms. The normalized spacial score (nSPS) is 15.2. The number of likely N-dealkylation sites (tertiary alicyclic amines) is 1. The highest BCUT2D eigenvalue weighted by molar-refractivity contribution is 6.06. The number of rotatable bonds is 5. The van der Waals surface area contributed by atoms with Crippen molar-refractivity contribution in [1.82, 2.24) is 10.2 Å². The quantitative estimate of drug-likeness (QED) is 0.889. The average molecular weight is 356 g/mol. The fourth-order valence-corrected chi connectivity index (χ4v) is 3.70. The Balaban J connectivity index is 1.62. The first-order valence-electron chi connectivity index (χ1n) is 9.18. The Bertz CT molecular complexity index is 844. The number of aryl methyl sites for hydroxylation is 2. The highest BCUT2D eigenvalue weighted by atomic mass is 16.3. The Morgan fingerprint density at radius 1 is 1.23 bits per heavy atom. The molecule has 2 aromatic rings. The van der Waals surface area contributed by atoms with Gasteiger partial charge in [0.2, 0.25) is 5.91 Å². The Kier molecular flexibility index (Phi) is 4.82. The van der Waals surface area contributed by atoms with E-state index in [1.54, 1.807) is 6.26 Å². The molecule has 1 fully saturated rings. The van der Waals surface area contributed by atoms with Gasteiger partial charge in [0.05, 0.1) is 5.56 Å². The smallest absolute Gasteiger partial charge is 0.257 e. The van der Waals surface area contributed by atoms with Crippen LogP contribution in [0.1, 0.15) is 48.7 Å². The number of nitrogens with zero attached hydrogens (tertiary/aromatic N) is 1. The van der Waals surface area contributed by atoms with Gasteiger partial charge in [-0.05, 0) is 54.9 Å². The molecule has 5 nitrogen and oxygen atoms in total. The van der Waals surface area contributed by atoms with E-state index in [0.29, 0.717) is 18.0 Å². The molecule has 1 aliphatic heterocycles. The molecule has 2 heterocycles. The van der Waals surface area contributed by atoms with Gasteiger partial charge in [-0.1, -0.05) is 13.8 Å². The molecule has 0 bridgehead atoms. The number of benzene rings is 1. The zero-order chi connectivity index (χ0) is 19.1. The van der Waals surface area contributed by atoms with Gasteiger partial charge in [-0.3, -0.25) is 9.59 Å². The van der Waals surface area contributed by atoms with E-state index in [0.717, 1.165) is 41.6 Å². The maximum atomic E-state index is 12.8. The summed E-state index contributed by atoms with van der Waals surface area (Å²) >= 11 is 0. The van der Waals surface area contributed by atoms with Crippen LogP contribution in [0.4, 0.5) is 0 Å². The van der Waals surface area contributed by atoms with Crippen molar-refractivity contribution in [3.8, 4) is 0 Å². The highest BCUT2D eigenvalue weighted by Gasteiger charge is 2.36. The summed E-state index contributed by atoms with van der Waals surface area (Å²) in [4.78, 5) is 25.8. The molecule has 0 unspecified atom stereocenters. The second kappa shape index (κ2) is 6.78. The van der Waals surface area contributed by atoms with Gasteiger partial charge >= 0.3 is 0 Å². The van der Waals surface area contributed by atoms with E-state index in [1.165, 1.54) is 6.92 Å². The monoisotopic (exact) mass is 356 g/mol. The molecule has 5 heteroatoms. The molecule has 1 aromatic heterocycles. The van der Waals surface area contributed by atoms with Crippen molar-refractivity contribution in [1.29, 1.82) is 0 Å². The van der Waals surface area contributed by atoms with Crippen molar-refractivity contribution in [3.05, 3.63) is 35.1 Å². The van der Waals surface area contributed by atoms with Crippen molar-refractivity contribution in [2.45, 2.75) is 41.0 Å². The zero-order valence-corrected chi connectivity index (χ0v) is 16.3. The first-order chi connectivity index (χ1) is 12.2. The number of amides is 2. The van der Waals surface area contributed by atoms with Crippen LogP contribution in [0.3, 0.4) is 0 Å². The Morgan fingerprint density at radius 3 is 2.54 bits per heavy atom. The number of furan rings is 1. The first-order valence-corrected chi connectivity index (χ1v) is 9.18. The van der Waals surface area contributed by atoms with Crippen LogP contribution >= 0.6 is 0 Å². The molecule has 0 radical (unpaired) electrons. The molecule has 2 amide bonds. The van der Waals surface area contributed by atoms with Crippen molar-refractivity contribution in [2.75, 3.05) is 19.6 Å². The number of nitrogens with one attached hydrogen (secondary N) is 1. The highest BCUT2D eigenvalue weighted by Crippen LogP contribution is 2.33. The summed E-state index contributed by atoms with van der Waals surface area (Å²) in [6.45, 7) is 12.1. The number of hydrogen-bond acceptors (Lipinski definition) is 3. The lowest BCUT2D eigenvalue weighted by Crippen LogP contribution is -2.51. The Labute approximate surface area is 154 Å². The van der Waals surface area contributed by atoms with Crippen LogP contribution in [0, 0.1) is 25.2 Å². The van der Waals surface area contributed by atoms with Gasteiger partial charge in [0.25, 0.3) is 5.91 Å². The summed E-state index contributed by atoms with van der Waals surface area (Å²) in [5, 5.41) is 3.79. The molecule has 140 valence electrons. The summed E-state index contributed by atoms with van der Waals surface area (Å²) in [5.41, 5.74) is 3.78. The van der Waals surface area contributed by atoms with Crippen LogP contribution in [0.15, 0.2) is 22.8 Å². The van der Waals surface area contributed by atoms with Crippen molar-refractivity contribution < 1.29 is 14.0 Å². The number of carbonyl (C=O) groups excluding carboxylic acids is 2. The van der Waals surface area contributed by atoms with Crippen molar-refractivity contribution >= 4 is 22.8 Å². The first kappa shape index (κ1) is 18.5. The van der Waals surface area contributed by atoms with Crippen molar-refractivity contribution in [3.63, 3.8) is 0 Å². The predicted molar refractivity (Wildman–Crippen MR) is 102 cm³/mol. The van der Waals surface area contributed by atoms with Gasteiger partial charge in [0.15, 0.2) is 0 Å². The number of fused-ring (bicyclic) bond motifs is 1. The number of carbonyl (C=O) groups is 2. The van der Waals surface area contributed by atoms with Gasteiger partial charge in [-0.2, -0.15) is 0 Å². The van der Waals surface area contributed by atoms with Crippen LogP contribution in [0.25, 0.3) is 11.0 Å². The minimum absolute atomic E-state index is 0.000791. The lowest BCUT2D eigenvalue weighted by molar-refractivity contribution is -0.119. The van der Waals surface area contributed by atoms with E-state index in [4.69, 9.17) is 4.42 Å². The van der Waals surface area contributed by atoms with E-state index in [2.05, 4.69) is 19.2 Å². The average Bonchev–Trinajstić information content (AvgIpc) is 2.91. The summed E-state index contributed by atoms with van der Waals surface area (Å²) < 4.78 is 5.60. The molecular weight excluding hydrogens is 328 g/mol. The second-order valence-electron chi connectivity index (χ2n) is 8.44. The molecule has 1 aliphatic rings.